The molecule has 0 saturated carbocycles. The Morgan fingerprint density at radius 2 is 2.09 bits per heavy atom. The summed E-state index contributed by atoms with van der Waals surface area (Å²) in [7, 11) is 1.57. The topological polar surface area (TPSA) is 64.8 Å². The van der Waals surface area contributed by atoms with Crippen molar-refractivity contribution in [3.05, 3.63) is 18.0 Å². The number of halogens is 3. The fourth-order valence-corrected chi connectivity index (χ4v) is 2.63. The Morgan fingerprint density at radius 1 is 1.30 bits per heavy atom. The molecule has 2 aromatic heterocycles. The number of hydrogen-bond acceptors (Lipinski definition) is 6. The van der Waals surface area contributed by atoms with Gasteiger partial charge < -0.3 is 14.4 Å². The minimum atomic E-state index is -4.61. The van der Waals surface area contributed by atoms with Crippen LogP contribution in [0.2, 0.25) is 0 Å². The fraction of sp³-hybridized carbons (Fsp3) is 0.615. The molecule has 2 aromatic rings. The van der Waals surface area contributed by atoms with Crippen LogP contribution in [-0.4, -0.2) is 58.8 Å². The highest BCUT2D eigenvalue weighted by Gasteiger charge is 2.38. The summed E-state index contributed by atoms with van der Waals surface area (Å²) in [5, 5.41) is 10.7. The lowest BCUT2D eigenvalue weighted by Gasteiger charge is -2.37. The van der Waals surface area contributed by atoms with Crippen molar-refractivity contribution in [2.45, 2.75) is 25.3 Å². The third kappa shape index (κ3) is 3.22. The summed E-state index contributed by atoms with van der Waals surface area (Å²) in [5.41, 5.74) is 0.0517. The van der Waals surface area contributed by atoms with E-state index in [1.807, 2.05) is 11.8 Å². The summed E-state index contributed by atoms with van der Waals surface area (Å²) >= 11 is 0. The van der Waals surface area contributed by atoms with Gasteiger partial charge in [0.05, 0.1) is 18.8 Å². The molecule has 0 spiro atoms. The maximum absolute atomic E-state index is 12.9. The molecule has 0 N–H and O–H groups in total. The molecule has 0 aromatic carbocycles. The number of rotatable bonds is 3. The number of alkyl halides is 3. The SMILES string of the molecule is COCC1CN(c2ccc3nnc(C(F)(F)F)n3n2)CC(C)O1. The molecule has 1 aliphatic rings. The van der Waals surface area contributed by atoms with Crippen LogP contribution in [0.25, 0.3) is 5.65 Å². The van der Waals surface area contributed by atoms with E-state index in [2.05, 4.69) is 15.3 Å². The summed E-state index contributed by atoms with van der Waals surface area (Å²) in [6.45, 7) is 3.32. The minimum Gasteiger partial charge on any atom is -0.382 e. The number of nitrogens with zero attached hydrogens (tertiary/aromatic N) is 5. The zero-order valence-electron chi connectivity index (χ0n) is 12.6. The van der Waals surface area contributed by atoms with Crippen molar-refractivity contribution in [1.29, 1.82) is 0 Å². The van der Waals surface area contributed by atoms with Gasteiger partial charge in [0.15, 0.2) is 5.65 Å². The second-order valence-electron chi connectivity index (χ2n) is 5.41. The molecule has 2 atom stereocenters. The van der Waals surface area contributed by atoms with Crippen LogP contribution in [0.4, 0.5) is 19.0 Å². The van der Waals surface area contributed by atoms with Gasteiger partial charge in [-0.1, -0.05) is 0 Å². The van der Waals surface area contributed by atoms with Crippen LogP contribution in [0.15, 0.2) is 12.1 Å². The van der Waals surface area contributed by atoms with Crippen LogP contribution < -0.4 is 4.90 Å². The molecule has 126 valence electrons. The van der Waals surface area contributed by atoms with E-state index in [0.29, 0.717) is 25.5 Å². The molecule has 3 heterocycles. The molecular formula is C13H16F3N5O2. The smallest absolute Gasteiger partial charge is 0.382 e. The molecule has 7 nitrogen and oxygen atoms in total. The summed E-state index contributed by atoms with van der Waals surface area (Å²) in [4.78, 5) is 1.87. The van der Waals surface area contributed by atoms with Gasteiger partial charge in [0.1, 0.15) is 5.82 Å². The van der Waals surface area contributed by atoms with Crippen LogP contribution in [0.3, 0.4) is 0 Å². The second-order valence-corrected chi connectivity index (χ2v) is 5.41. The van der Waals surface area contributed by atoms with E-state index < -0.39 is 12.0 Å². The molecule has 23 heavy (non-hydrogen) atoms. The van der Waals surface area contributed by atoms with Crippen molar-refractivity contribution < 1.29 is 22.6 Å². The van der Waals surface area contributed by atoms with E-state index in [1.54, 1.807) is 13.2 Å². The molecule has 0 aliphatic carbocycles. The van der Waals surface area contributed by atoms with Crippen LogP contribution in [0.5, 0.6) is 0 Å². The lowest BCUT2D eigenvalue weighted by atomic mass is 10.2. The monoisotopic (exact) mass is 331 g/mol. The van der Waals surface area contributed by atoms with Gasteiger partial charge in [0.25, 0.3) is 5.82 Å². The molecular weight excluding hydrogens is 315 g/mol. The Morgan fingerprint density at radius 3 is 2.78 bits per heavy atom. The normalized spacial score (nSPS) is 22.7. The first-order chi connectivity index (χ1) is 10.9. The molecule has 2 unspecified atom stereocenters. The number of ether oxygens (including phenoxy) is 2. The Hall–Kier alpha value is -1.94. The fourth-order valence-electron chi connectivity index (χ4n) is 2.63. The van der Waals surface area contributed by atoms with E-state index in [4.69, 9.17) is 9.47 Å². The Bertz CT molecular complexity index is 690. The van der Waals surface area contributed by atoms with Gasteiger partial charge in [0, 0.05) is 20.2 Å². The Kier molecular flexibility index (Phi) is 4.11. The standard InChI is InChI=1S/C13H16F3N5O2/c1-8-5-20(6-9(23-8)7-22-2)11-4-3-10-17-18-12(13(14,15)16)21(10)19-11/h3-4,8-9H,5-7H2,1-2H3. The van der Waals surface area contributed by atoms with Gasteiger partial charge >= 0.3 is 6.18 Å². The maximum atomic E-state index is 12.9. The number of hydrogen-bond donors (Lipinski definition) is 0. The Balaban J connectivity index is 1.93. The zero-order valence-corrected chi connectivity index (χ0v) is 12.6. The molecule has 1 saturated heterocycles. The predicted octanol–water partition coefficient (Wildman–Crippen LogP) is 1.38. The van der Waals surface area contributed by atoms with E-state index >= 15 is 0 Å². The quantitative estimate of drug-likeness (QED) is 0.847. The molecule has 0 amide bonds. The number of aromatic nitrogens is 4. The van der Waals surface area contributed by atoms with Gasteiger partial charge in [-0.3, -0.25) is 0 Å². The highest BCUT2D eigenvalue weighted by atomic mass is 19.4. The van der Waals surface area contributed by atoms with Gasteiger partial charge in [-0.2, -0.15) is 17.7 Å². The van der Waals surface area contributed by atoms with Gasteiger partial charge in [-0.25, -0.2) is 0 Å². The summed E-state index contributed by atoms with van der Waals surface area (Å²) in [6, 6.07) is 3.10. The van der Waals surface area contributed by atoms with Crippen LogP contribution in [0, 0.1) is 0 Å². The van der Waals surface area contributed by atoms with E-state index in [0.717, 1.165) is 4.52 Å². The second kappa shape index (κ2) is 5.93. The van der Waals surface area contributed by atoms with Crippen LogP contribution >= 0.6 is 0 Å². The molecule has 1 fully saturated rings. The molecule has 0 bridgehead atoms. The lowest BCUT2D eigenvalue weighted by Crippen LogP contribution is -2.48. The molecule has 3 rings (SSSR count). The third-order valence-corrected chi connectivity index (χ3v) is 3.51. The van der Waals surface area contributed by atoms with Crippen LogP contribution in [0.1, 0.15) is 12.7 Å². The maximum Gasteiger partial charge on any atom is 0.453 e. The van der Waals surface area contributed by atoms with Gasteiger partial charge in [0.2, 0.25) is 0 Å². The number of anilines is 1. The first-order valence-electron chi connectivity index (χ1n) is 7.07. The van der Waals surface area contributed by atoms with Crippen molar-refractivity contribution in [2.75, 3.05) is 31.7 Å². The van der Waals surface area contributed by atoms with Crippen molar-refractivity contribution in [2.24, 2.45) is 0 Å². The first kappa shape index (κ1) is 15.9. The average Bonchev–Trinajstić information content (AvgIpc) is 2.90. The first-order valence-corrected chi connectivity index (χ1v) is 7.07. The molecule has 10 heteroatoms. The number of fused-ring (bicyclic) bond motifs is 1. The lowest BCUT2D eigenvalue weighted by molar-refractivity contribution is -0.146. The van der Waals surface area contributed by atoms with Gasteiger partial charge in [-0.15, -0.1) is 15.3 Å². The largest absolute Gasteiger partial charge is 0.453 e. The zero-order chi connectivity index (χ0) is 16.6. The third-order valence-electron chi connectivity index (χ3n) is 3.51. The predicted molar refractivity (Wildman–Crippen MR) is 74.2 cm³/mol. The van der Waals surface area contributed by atoms with Crippen molar-refractivity contribution in [3.63, 3.8) is 0 Å². The highest BCUT2D eigenvalue weighted by Crippen LogP contribution is 2.28. The minimum absolute atomic E-state index is 0.0517. The number of morpholine rings is 1. The summed E-state index contributed by atoms with van der Waals surface area (Å²) in [5.74, 6) is -0.719. The molecule has 1 aliphatic heterocycles. The van der Waals surface area contributed by atoms with E-state index in [1.165, 1.54) is 6.07 Å². The van der Waals surface area contributed by atoms with Crippen molar-refractivity contribution in [3.8, 4) is 0 Å². The average molecular weight is 331 g/mol. The Labute approximate surface area is 130 Å². The summed E-state index contributed by atoms with van der Waals surface area (Å²) < 4.78 is 50.3. The van der Waals surface area contributed by atoms with Gasteiger partial charge in [-0.05, 0) is 19.1 Å². The van der Waals surface area contributed by atoms with Crippen molar-refractivity contribution in [1.82, 2.24) is 19.8 Å². The number of methoxy groups -OCH3 is 1. The summed E-state index contributed by atoms with van der Waals surface area (Å²) in [6.07, 6.45) is -4.85. The van der Waals surface area contributed by atoms with E-state index in [-0.39, 0.29) is 17.9 Å². The van der Waals surface area contributed by atoms with Crippen molar-refractivity contribution >= 4 is 11.5 Å². The van der Waals surface area contributed by atoms with E-state index in [9.17, 15) is 13.2 Å². The molecule has 0 radical (unpaired) electrons. The highest BCUT2D eigenvalue weighted by molar-refractivity contribution is 5.46. The van der Waals surface area contributed by atoms with Crippen LogP contribution in [-0.2, 0) is 15.7 Å².